The van der Waals surface area contributed by atoms with E-state index in [1.54, 1.807) is 0 Å². The standard InChI is InChI=1S/2C4H9NS2.Cu/c2*1-3-5(2)4(6)7;/h2*3H2,1-2H3,(H,6,7);/q;;+2/p-2. The SMILES string of the molecule is CCN(C)C(=S)[S-].CCN(C)C(=S)[S-].[Cu+2]. The van der Waals surface area contributed by atoms with Crippen molar-refractivity contribution in [2.75, 3.05) is 27.2 Å². The maximum absolute atomic E-state index is 4.66. The molecule has 0 atom stereocenters. The fourth-order valence-electron chi connectivity index (χ4n) is 0.258. The molecule has 15 heavy (non-hydrogen) atoms. The maximum Gasteiger partial charge on any atom is 2.00 e. The van der Waals surface area contributed by atoms with Gasteiger partial charge in [0.1, 0.15) is 0 Å². The van der Waals surface area contributed by atoms with Crippen LogP contribution in [0.25, 0.3) is 0 Å². The predicted octanol–water partition coefficient (Wildman–Crippen LogP) is 1.54. The summed E-state index contributed by atoms with van der Waals surface area (Å²) in [5.41, 5.74) is 0. The van der Waals surface area contributed by atoms with Crippen molar-refractivity contribution in [3.05, 3.63) is 0 Å². The van der Waals surface area contributed by atoms with E-state index in [-0.39, 0.29) is 17.1 Å². The quantitative estimate of drug-likeness (QED) is 0.427. The van der Waals surface area contributed by atoms with Gasteiger partial charge in [-0.25, -0.2) is 0 Å². The van der Waals surface area contributed by atoms with E-state index < -0.39 is 0 Å². The first-order valence-electron chi connectivity index (χ1n) is 4.20. The van der Waals surface area contributed by atoms with Gasteiger partial charge in [-0.15, -0.1) is 0 Å². The minimum Gasteiger partial charge on any atom is -0.411 e. The molecule has 0 rings (SSSR count). The Morgan fingerprint density at radius 1 is 0.933 bits per heavy atom. The number of hydrogen-bond donors (Lipinski definition) is 0. The molecule has 0 aliphatic carbocycles. The summed E-state index contributed by atoms with van der Waals surface area (Å²) < 4.78 is 1.09. The Balaban J connectivity index is -0.000000180. The Hall–Kier alpha value is 0.739. The molecule has 0 unspecified atom stereocenters. The normalized spacial score (nSPS) is 7.73. The monoisotopic (exact) mass is 331 g/mol. The van der Waals surface area contributed by atoms with Crippen LogP contribution >= 0.6 is 24.4 Å². The summed E-state index contributed by atoms with van der Waals surface area (Å²) in [6, 6.07) is 0. The van der Waals surface area contributed by atoms with Crippen molar-refractivity contribution in [3.63, 3.8) is 0 Å². The van der Waals surface area contributed by atoms with Crippen LogP contribution in [0.3, 0.4) is 0 Å². The van der Waals surface area contributed by atoms with E-state index in [0.717, 1.165) is 13.1 Å². The van der Waals surface area contributed by atoms with Gasteiger partial charge in [-0.2, -0.15) is 0 Å². The van der Waals surface area contributed by atoms with Crippen LogP contribution in [0.4, 0.5) is 0 Å². The third kappa shape index (κ3) is 14.7. The molecule has 93 valence electrons. The number of nitrogens with zero attached hydrogens (tertiary/aromatic N) is 2. The van der Waals surface area contributed by atoms with Gasteiger partial charge in [-0.3, -0.25) is 0 Å². The third-order valence-electron chi connectivity index (χ3n) is 1.57. The summed E-state index contributed by atoms with van der Waals surface area (Å²) in [6.07, 6.45) is 0. The zero-order chi connectivity index (χ0) is 11.7. The van der Waals surface area contributed by atoms with Crippen molar-refractivity contribution in [1.29, 1.82) is 0 Å². The van der Waals surface area contributed by atoms with E-state index >= 15 is 0 Å². The van der Waals surface area contributed by atoms with Crippen LogP contribution in [0.5, 0.6) is 0 Å². The fraction of sp³-hybridized carbons (Fsp3) is 0.750. The van der Waals surface area contributed by atoms with Crippen LogP contribution in [0.2, 0.25) is 0 Å². The second kappa shape index (κ2) is 12.8. The molecule has 0 spiro atoms. The van der Waals surface area contributed by atoms with E-state index in [0.29, 0.717) is 8.64 Å². The van der Waals surface area contributed by atoms with Gasteiger partial charge >= 0.3 is 17.1 Å². The minimum atomic E-state index is 0. The van der Waals surface area contributed by atoms with E-state index in [4.69, 9.17) is 0 Å². The van der Waals surface area contributed by atoms with Crippen molar-refractivity contribution in [2.24, 2.45) is 0 Å². The second-order valence-electron chi connectivity index (χ2n) is 2.56. The number of rotatable bonds is 2. The molecular weight excluding hydrogens is 316 g/mol. The first-order chi connectivity index (χ1) is 6.36. The molecule has 1 radical (unpaired) electrons. The van der Waals surface area contributed by atoms with Gasteiger partial charge in [0.25, 0.3) is 0 Å². The van der Waals surface area contributed by atoms with E-state index in [1.807, 2.05) is 37.7 Å². The van der Waals surface area contributed by atoms with Crippen LogP contribution in [0, 0.1) is 0 Å². The minimum absolute atomic E-state index is 0. The van der Waals surface area contributed by atoms with Gasteiger partial charge in [0.05, 0.1) is 0 Å². The predicted molar refractivity (Wildman–Crippen MR) is 76.5 cm³/mol. The Morgan fingerprint density at radius 2 is 1.13 bits per heavy atom. The summed E-state index contributed by atoms with van der Waals surface area (Å²) in [5, 5.41) is 0. The van der Waals surface area contributed by atoms with Crippen LogP contribution in [-0.4, -0.2) is 45.6 Å². The molecule has 0 aromatic carbocycles. The van der Waals surface area contributed by atoms with Gasteiger partial charge in [-0.05, 0) is 13.8 Å². The molecule has 0 saturated carbocycles. The topological polar surface area (TPSA) is 6.48 Å². The Kier molecular flexibility index (Phi) is 18.0. The molecule has 0 heterocycles. The fourth-order valence-corrected chi connectivity index (χ4v) is 0.775. The second-order valence-corrected chi connectivity index (χ2v) is 4.62. The van der Waals surface area contributed by atoms with E-state index in [1.165, 1.54) is 0 Å². The first kappa shape index (κ1) is 21.1. The van der Waals surface area contributed by atoms with Crippen LogP contribution < -0.4 is 0 Å². The summed E-state index contributed by atoms with van der Waals surface area (Å²) >= 11 is 18.6. The average molecular weight is 332 g/mol. The van der Waals surface area contributed by atoms with Crippen molar-refractivity contribution in [3.8, 4) is 0 Å². The van der Waals surface area contributed by atoms with Gasteiger partial charge in [-0.1, -0.05) is 8.64 Å². The van der Waals surface area contributed by atoms with E-state index in [9.17, 15) is 0 Å². The van der Waals surface area contributed by atoms with Crippen molar-refractivity contribution < 1.29 is 17.1 Å². The van der Waals surface area contributed by atoms with Gasteiger partial charge in [0.15, 0.2) is 0 Å². The molecule has 7 heteroatoms. The van der Waals surface area contributed by atoms with Crippen LogP contribution in [0.1, 0.15) is 13.8 Å². The van der Waals surface area contributed by atoms with Gasteiger partial charge < -0.3 is 59.5 Å². The summed E-state index contributed by atoms with van der Waals surface area (Å²) in [5.74, 6) is 0. The number of thiocarbonyl (C=S) groups is 2. The van der Waals surface area contributed by atoms with Crippen molar-refractivity contribution in [2.45, 2.75) is 13.8 Å². The molecule has 0 aromatic heterocycles. The molecule has 0 aromatic rings. The summed E-state index contributed by atoms with van der Waals surface area (Å²) in [4.78, 5) is 3.68. The molecule has 0 bridgehead atoms. The third-order valence-corrected chi connectivity index (χ3v) is 2.82. The Morgan fingerprint density at radius 3 is 1.13 bits per heavy atom. The molecule has 0 saturated heterocycles. The van der Waals surface area contributed by atoms with Gasteiger partial charge in [0.2, 0.25) is 0 Å². The largest absolute Gasteiger partial charge is 2.00 e. The Labute approximate surface area is 125 Å². The van der Waals surface area contributed by atoms with Crippen LogP contribution in [0.15, 0.2) is 0 Å². The number of hydrogen-bond acceptors (Lipinski definition) is 4. The summed E-state index contributed by atoms with van der Waals surface area (Å²) in [7, 11) is 3.77. The molecule has 0 amide bonds. The zero-order valence-electron chi connectivity index (χ0n) is 9.24. The molecular formula is C8H16CuN2S4. The average Bonchev–Trinajstić information content (AvgIpc) is 2.15. The first-order valence-corrected chi connectivity index (χ1v) is 5.84. The molecule has 0 aliphatic heterocycles. The molecule has 0 N–H and O–H groups in total. The van der Waals surface area contributed by atoms with Crippen molar-refractivity contribution in [1.82, 2.24) is 9.80 Å². The molecule has 0 fully saturated rings. The van der Waals surface area contributed by atoms with Gasteiger partial charge in [0, 0.05) is 27.2 Å². The summed E-state index contributed by atoms with van der Waals surface area (Å²) in [6.45, 7) is 5.84. The Bertz CT molecular complexity index is 169. The smallest absolute Gasteiger partial charge is 0.411 e. The molecule has 0 aliphatic rings. The zero-order valence-corrected chi connectivity index (χ0v) is 13.5. The van der Waals surface area contributed by atoms with Crippen molar-refractivity contribution >= 4 is 58.3 Å². The van der Waals surface area contributed by atoms with Crippen LogP contribution in [-0.2, 0) is 42.3 Å². The van der Waals surface area contributed by atoms with E-state index in [2.05, 4.69) is 49.7 Å². The molecule has 2 nitrogen and oxygen atoms in total. The maximum atomic E-state index is 4.66.